The van der Waals surface area contributed by atoms with Crippen molar-refractivity contribution in [2.45, 2.75) is 26.2 Å². The summed E-state index contributed by atoms with van der Waals surface area (Å²) in [4.78, 5) is 22.4. The number of carbonyl (C=O) groups excluding carboxylic acids is 1. The largest absolute Gasteiger partial charge is 0.495 e. The number of hydrogen-bond acceptors (Lipinski definition) is 4. The van der Waals surface area contributed by atoms with Crippen molar-refractivity contribution in [3.63, 3.8) is 0 Å². The number of amides is 1. The van der Waals surface area contributed by atoms with Gasteiger partial charge in [-0.15, -0.1) is 12.4 Å². The predicted molar refractivity (Wildman–Crippen MR) is 137 cm³/mol. The Morgan fingerprint density at radius 2 is 1.85 bits per heavy atom. The molecule has 0 unspecified atom stereocenters. The third-order valence-electron chi connectivity index (χ3n) is 5.29. The number of rotatable bonds is 4. The number of carbonyl (C=O) groups is 1. The molecule has 2 aromatic heterocycles. The normalized spacial score (nSPS) is 11.1. The fraction of sp³-hybridized carbons (Fsp3) is 0.192. The molecule has 33 heavy (non-hydrogen) atoms. The maximum atomic E-state index is 13.5. The zero-order valence-electron chi connectivity index (χ0n) is 18.8. The van der Waals surface area contributed by atoms with Crippen LogP contribution < -0.4 is 10.1 Å². The maximum absolute atomic E-state index is 13.5. The lowest BCUT2D eigenvalue weighted by atomic mass is 9.87. The lowest BCUT2D eigenvalue weighted by Gasteiger charge is -2.21. The van der Waals surface area contributed by atoms with E-state index in [0.29, 0.717) is 38.6 Å². The number of hydrogen-bond donors (Lipinski definition) is 1. The summed E-state index contributed by atoms with van der Waals surface area (Å²) >= 11 is 6.24. The fourth-order valence-corrected chi connectivity index (χ4v) is 3.68. The smallest absolute Gasteiger partial charge is 0.256 e. The van der Waals surface area contributed by atoms with Crippen LogP contribution in [0.1, 0.15) is 36.7 Å². The van der Waals surface area contributed by atoms with Gasteiger partial charge in [0.15, 0.2) is 0 Å². The van der Waals surface area contributed by atoms with Crippen molar-refractivity contribution in [2.75, 3.05) is 12.4 Å². The van der Waals surface area contributed by atoms with Crippen LogP contribution in [-0.2, 0) is 5.41 Å². The van der Waals surface area contributed by atoms with Crippen molar-refractivity contribution in [1.29, 1.82) is 0 Å². The molecule has 1 amide bonds. The summed E-state index contributed by atoms with van der Waals surface area (Å²) in [6, 6.07) is 16.7. The van der Waals surface area contributed by atoms with Gasteiger partial charge in [-0.25, -0.2) is 4.98 Å². The molecule has 0 saturated carbocycles. The SMILES string of the molecule is COc1ccc(C(C)(C)C)cc1NC(=O)c1cc(-c2cccnc2)nc2ccc(Cl)cc12.Cl. The molecule has 5 nitrogen and oxygen atoms in total. The van der Waals surface area contributed by atoms with Crippen LogP contribution in [0.5, 0.6) is 5.75 Å². The fourth-order valence-electron chi connectivity index (χ4n) is 3.51. The van der Waals surface area contributed by atoms with Crippen LogP contribution in [-0.4, -0.2) is 23.0 Å². The first-order valence-electron chi connectivity index (χ1n) is 10.3. The van der Waals surface area contributed by atoms with Gasteiger partial charge >= 0.3 is 0 Å². The Morgan fingerprint density at radius 1 is 1.06 bits per heavy atom. The van der Waals surface area contributed by atoms with Crippen LogP contribution in [0, 0.1) is 0 Å². The first-order valence-corrected chi connectivity index (χ1v) is 10.6. The molecule has 2 aromatic carbocycles. The lowest BCUT2D eigenvalue weighted by Crippen LogP contribution is -2.16. The molecule has 170 valence electrons. The Kier molecular flexibility index (Phi) is 7.25. The third kappa shape index (κ3) is 5.27. The quantitative estimate of drug-likeness (QED) is 0.343. The van der Waals surface area contributed by atoms with Gasteiger partial charge in [0.2, 0.25) is 0 Å². The number of fused-ring (bicyclic) bond motifs is 1. The van der Waals surface area contributed by atoms with Gasteiger partial charge in [0.1, 0.15) is 5.75 Å². The van der Waals surface area contributed by atoms with E-state index in [1.165, 1.54) is 0 Å². The van der Waals surface area contributed by atoms with Crippen molar-refractivity contribution in [2.24, 2.45) is 0 Å². The Morgan fingerprint density at radius 3 is 2.52 bits per heavy atom. The molecule has 0 aliphatic carbocycles. The molecule has 0 radical (unpaired) electrons. The van der Waals surface area contributed by atoms with Crippen molar-refractivity contribution in [1.82, 2.24) is 9.97 Å². The minimum atomic E-state index is -0.269. The van der Waals surface area contributed by atoms with Gasteiger partial charge in [0, 0.05) is 28.4 Å². The number of nitrogens with zero attached hydrogens (tertiary/aromatic N) is 2. The first kappa shape index (κ1) is 24.5. The molecule has 0 aliphatic rings. The molecule has 0 atom stereocenters. The molecule has 4 rings (SSSR count). The highest BCUT2D eigenvalue weighted by atomic mass is 35.5. The lowest BCUT2D eigenvalue weighted by molar-refractivity contribution is 0.102. The van der Waals surface area contributed by atoms with Gasteiger partial charge in [-0.3, -0.25) is 9.78 Å². The summed E-state index contributed by atoms with van der Waals surface area (Å²) in [5, 5.41) is 4.24. The highest BCUT2D eigenvalue weighted by Gasteiger charge is 2.19. The summed E-state index contributed by atoms with van der Waals surface area (Å²) in [5.41, 5.74) is 4.26. The van der Waals surface area contributed by atoms with E-state index < -0.39 is 0 Å². The molecule has 7 heteroatoms. The van der Waals surface area contributed by atoms with Gasteiger partial charge in [-0.05, 0) is 59.5 Å². The first-order chi connectivity index (χ1) is 15.3. The summed E-state index contributed by atoms with van der Waals surface area (Å²) in [7, 11) is 1.59. The van der Waals surface area contributed by atoms with E-state index in [9.17, 15) is 4.79 Å². The third-order valence-corrected chi connectivity index (χ3v) is 5.52. The van der Waals surface area contributed by atoms with Gasteiger partial charge in [-0.1, -0.05) is 38.4 Å². The second-order valence-electron chi connectivity index (χ2n) is 8.58. The van der Waals surface area contributed by atoms with Crippen molar-refractivity contribution >= 4 is 46.5 Å². The standard InChI is InChI=1S/C26H24ClN3O2.ClH/c1-26(2,3)17-7-10-24(32-4)23(12-17)30-25(31)20-14-22(16-6-5-11-28-15-16)29-21-9-8-18(27)13-19(20)21;/h5-15H,1-4H3,(H,30,31);1H. The molecule has 1 N–H and O–H groups in total. The Balaban J connectivity index is 0.00000306. The number of methoxy groups -OCH3 is 1. The van der Waals surface area contributed by atoms with E-state index in [0.717, 1.165) is 11.1 Å². The number of nitrogens with one attached hydrogen (secondary N) is 1. The zero-order chi connectivity index (χ0) is 22.9. The number of aromatic nitrogens is 2. The number of pyridine rings is 2. The number of ether oxygens (including phenoxy) is 1. The minimum Gasteiger partial charge on any atom is -0.495 e. The maximum Gasteiger partial charge on any atom is 0.256 e. The summed E-state index contributed by atoms with van der Waals surface area (Å²) in [5.74, 6) is 0.324. The van der Waals surface area contributed by atoms with Crippen LogP contribution in [0.2, 0.25) is 5.02 Å². The van der Waals surface area contributed by atoms with Crippen molar-refractivity contribution < 1.29 is 9.53 Å². The molecule has 0 spiro atoms. The Bertz CT molecular complexity index is 1300. The summed E-state index contributed by atoms with van der Waals surface area (Å²) in [6.45, 7) is 6.37. The molecular formula is C26H25Cl2N3O2. The van der Waals surface area contributed by atoms with E-state index in [4.69, 9.17) is 21.3 Å². The monoisotopic (exact) mass is 481 g/mol. The van der Waals surface area contributed by atoms with Crippen LogP contribution in [0.3, 0.4) is 0 Å². The Hall–Kier alpha value is -3.15. The molecule has 2 heterocycles. The minimum absolute atomic E-state index is 0. The predicted octanol–water partition coefficient (Wildman–Crippen LogP) is 6.93. The van der Waals surface area contributed by atoms with Crippen LogP contribution in [0.15, 0.2) is 67.0 Å². The molecule has 0 aliphatic heterocycles. The highest BCUT2D eigenvalue weighted by molar-refractivity contribution is 6.31. The average Bonchev–Trinajstić information content (AvgIpc) is 2.78. The van der Waals surface area contributed by atoms with E-state index in [-0.39, 0.29) is 23.7 Å². The van der Waals surface area contributed by atoms with Gasteiger partial charge in [0.05, 0.1) is 29.6 Å². The summed E-state index contributed by atoms with van der Waals surface area (Å²) < 4.78 is 5.49. The second kappa shape index (κ2) is 9.77. The van der Waals surface area contributed by atoms with Crippen LogP contribution in [0.4, 0.5) is 5.69 Å². The van der Waals surface area contributed by atoms with Gasteiger partial charge < -0.3 is 10.1 Å². The number of benzene rings is 2. The molecular weight excluding hydrogens is 457 g/mol. The molecule has 4 aromatic rings. The van der Waals surface area contributed by atoms with E-state index in [1.807, 2.05) is 36.4 Å². The molecule has 0 bridgehead atoms. The second-order valence-corrected chi connectivity index (χ2v) is 9.01. The van der Waals surface area contributed by atoms with Crippen LogP contribution in [0.25, 0.3) is 22.2 Å². The zero-order valence-corrected chi connectivity index (χ0v) is 20.4. The Labute approximate surface area is 204 Å². The van der Waals surface area contributed by atoms with Crippen molar-refractivity contribution in [3.05, 3.63) is 83.1 Å². The molecule has 0 fully saturated rings. The molecule has 0 saturated heterocycles. The number of anilines is 1. The average molecular weight is 482 g/mol. The van der Waals surface area contributed by atoms with Crippen molar-refractivity contribution in [3.8, 4) is 17.0 Å². The highest BCUT2D eigenvalue weighted by Crippen LogP contribution is 2.33. The topological polar surface area (TPSA) is 64.1 Å². The summed E-state index contributed by atoms with van der Waals surface area (Å²) in [6.07, 6.45) is 3.42. The van der Waals surface area contributed by atoms with E-state index in [1.54, 1.807) is 37.7 Å². The number of halogens is 2. The van der Waals surface area contributed by atoms with Gasteiger partial charge in [0.25, 0.3) is 5.91 Å². The van der Waals surface area contributed by atoms with Crippen LogP contribution >= 0.6 is 24.0 Å². The van der Waals surface area contributed by atoms with E-state index in [2.05, 4.69) is 31.1 Å². The van der Waals surface area contributed by atoms with Gasteiger partial charge in [-0.2, -0.15) is 0 Å². The van der Waals surface area contributed by atoms with E-state index >= 15 is 0 Å².